The van der Waals surface area contributed by atoms with Crippen LogP contribution in [0.2, 0.25) is 0 Å². The average Bonchev–Trinajstić information content (AvgIpc) is 2.72. The van der Waals surface area contributed by atoms with E-state index < -0.39 is 66.8 Å². The number of hydrogen-bond donors (Lipinski definition) is 1. The van der Waals surface area contributed by atoms with Gasteiger partial charge in [0.1, 0.15) is 5.75 Å². The zero-order chi connectivity index (χ0) is 24.7. The second kappa shape index (κ2) is 8.38. The number of carbonyl (C=O) groups is 1. The highest BCUT2D eigenvalue weighted by Gasteiger charge is 2.38. The third-order valence-electron chi connectivity index (χ3n) is 4.19. The Morgan fingerprint density at radius 1 is 1.06 bits per heavy atom. The van der Waals surface area contributed by atoms with Gasteiger partial charge < -0.3 is 9.84 Å². The van der Waals surface area contributed by atoms with Gasteiger partial charge in [0.15, 0.2) is 0 Å². The lowest BCUT2D eigenvalue weighted by molar-refractivity contribution is -0.274. The van der Waals surface area contributed by atoms with Gasteiger partial charge in [0.25, 0.3) is 11.9 Å². The number of nitrogens with zero attached hydrogens (tertiary/aromatic N) is 2. The molecule has 3 rings (SSSR count). The number of rotatable bonds is 6. The summed E-state index contributed by atoms with van der Waals surface area (Å²) >= 11 is 0. The minimum atomic E-state index is -5.45. The summed E-state index contributed by atoms with van der Waals surface area (Å²) in [7, 11) is -5.45. The van der Waals surface area contributed by atoms with Crippen LogP contribution in [0.15, 0.2) is 52.2 Å². The molecule has 0 aliphatic rings. The highest BCUT2D eigenvalue weighted by molar-refractivity contribution is 7.92. The van der Waals surface area contributed by atoms with Gasteiger partial charge in [-0.3, -0.25) is 4.79 Å². The van der Waals surface area contributed by atoms with Crippen molar-refractivity contribution >= 4 is 26.7 Å². The smallest absolute Gasteiger partial charge is 0.476 e. The maximum atomic E-state index is 13.8. The standard InChI is InChI=1S/C18H10F6N2O6S/c19-15(20)16(21)33(30,31)11-3-1-2-10-12(11)14(27)13(17(28)29)25-26(10)8-4-6-9(7-5-8)32-18(22,23)24/h1-7,15-16H,(H,28,29). The van der Waals surface area contributed by atoms with Crippen LogP contribution in [0.25, 0.3) is 16.6 Å². The van der Waals surface area contributed by atoms with Crippen LogP contribution >= 0.6 is 0 Å². The van der Waals surface area contributed by atoms with Crippen LogP contribution in [-0.4, -0.2) is 47.6 Å². The van der Waals surface area contributed by atoms with Crippen molar-refractivity contribution in [1.29, 1.82) is 0 Å². The van der Waals surface area contributed by atoms with Crippen LogP contribution in [0.1, 0.15) is 10.5 Å². The van der Waals surface area contributed by atoms with E-state index in [2.05, 4.69) is 9.84 Å². The monoisotopic (exact) mass is 496 g/mol. The largest absolute Gasteiger partial charge is 0.573 e. The zero-order valence-corrected chi connectivity index (χ0v) is 16.6. The van der Waals surface area contributed by atoms with Gasteiger partial charge >= 0.3 is 12.3 Å². The van der Waals surface area contributed by atoms with Crippen LogP contribution in [0.5, 0.6) is 5.75 Å². The van der Waals surface area contributed by atoms with E-state index in [0.29, 0.717) is 10.7 Å². The molecule has 3 aromatic rings. The molecule has 2 aromatic carbocycles. The number of carboxylic acids is 1. The van der Waals surface area contributed by atoms with E-state index in [-0.39, 0.29) is 5.69 Å². The van der Waals surface area contributed by atoms with Crippen molar-refractivity contribution < 1.29 is 49.4 Å². The van der Waals surface area contributed by atoms with E-state index in [1.54, 1.807) is 0 Å². The maximum absolute atomic E-state index is 13.8. The molecule has 1 unspecified atom stereocenters. The average molecular weight is 496 g/mol. The Hall–Kier alpha value is -3.62. The van der Waals surface area contributed by atoms with Crippen molar-refractivity contribution in [3.8, 4) is 11.4 Å². The molecule has 0 aliphatic heterocycles. The third kappa shape index (κ3) is 4.62. The maximum Gasteiger partial charge on any atom is 0.573 e. The van der Waals surface area contributed by atoms with Gasteiger partial charge in [-0.2, -0.15) is 5.10 Å². The topological polar surface area (TPSA) is 116 Å². The van der Waals surface area contributed by atoms with E-state index >= 15 is 0 Å². The molecule has 8 nitrogen and oxygen atoms in total. The fourth-order valence-electron chi connectivity index (χ4n) is 2.86. The Balaban J connectivity index is 2.34. The molecule has 0 radical (unpaired) electrons. The molecule has 1 N–H and O–H groups in total. The molecular weight excluding hydrogens is 486 g/mol. The minimum absolute atomic E-state index is 0.155. The van der Waals surface area contributed by atoms with Crippen LogP contribution in [0, 0.1) is 0 Å². The number of hydrogen-bond acceptors (Lipinski definition) is 6. The van der Waals surface area contributed by atoms with Crippen molar-refractivity contribution in [2.45, 2.75) is 23.2 Å². The lowest BCUT2D eigenvalue weighted by Gasteiger charge is -2.15. The number of aromatic carboxylic acids is 1. The molecular formula is C18H10F6N2O6S. The predicted molar refractivity (Wildman–Crippen MR) is 99.1 cm³/mol. The first-order chi connectivity index (χ1) is 15.2. The highest BCUT2D eigenvalue weighted by atomic mass is 32.2. The Bertz CT molecular complexity index is 1390. The normalized spacial score (nSPS) is 13.3. The van der Waals surface area contributed by atoms with Crippen molar-refractivity contribution in [2.24, 2.45) is 0 Å². The summed E-state index contributed by atoms with van der Waals surface area (Å²) in [5.74, 6) is -2.58. The predicted octanol–water partition coefficient (Wildman–Crippen LogP) is 3.32. The minimum Gasteiger partial charge on any atom is -0.476 e. The fourth-order valence-corrected chi connectivity index (χ4v) is 4.12. The van der Waals surface area contributed by atoms with Crippen molar-refractivity contribution in [2.75, 3.05) is 0 Å². The Kier molecular flexibility index (Phi) is 6.10. The SMILES string of the molecule is O=C(O)c1nn(-c2ccc(OC(F)(F)F)cc2)c2cccc(S(=O)(=O)C(F)C(F)F)c2c1=O. The number of sulfone groups is 1. The van der Waals surface area contributed by atoms with Crippen LogP contribution < -0.4 is 10.2 Å². The quantitative estimate of drug-likeness (QED) is 0.521. The van der Waals surface area contributed by atoms with E-state index in [9.17, 15) is 49.5 Å². The summed E-state index contributed by atoms with van der Waals surface area (Å²) in [6, 6.07) is 6.26. The van der Waals surface area contributed by atoms with Gasteiger partial charge in [0, 0.05) is 0 Å². The summed E-state index contributed by atoms with van der Waals surface area (Å²) in [5.41, 5.74) is -7.04. The van der Waals surface area contributed by atoms with Gasteiger partial charge in [0.05, 0.1) is 21.5 Å². The number of carboxylic acid groups (broad SMARTS) is 1. The van der Waals surface area contributed by atoms with Crippen molar-refractivity contribution in [3.05, 3.63) is 58.4 Å². The number of benzene rings is 2. The third-order valence-corrected chi connectivity index (χ3v) is 5.94. The molecule has 1 aromatic heterocycles. The van der Waals surface area contributed by atoms with Gasteiger partial charge in [-0.25, -0.2) is 31.1 Å². The molecule has 0 fully saturated rings. The molecule has 0 saturated heterocycles. The number of alkyl halides is 6. The first-order valence-electron chi connectivity index (χ1n) is 8.55. The molecule has 1 heterocycles. The zero-order valence-electron chi connectivity index (χ0n) is 15.8. The molecule has 1 atom stereocenters. The van der Waals surface area contributed by atoms with Crippen molar-refractivity contribution in [3.63, 3.8) is 0 Å². The van der Waals surface area contributed by atoms with E-state index in [0.717, 1.165) is 36.4 Å². The van der Waals surface area contributed by atoms with E-state index in [4.69, 9.17) is 0 Å². The van der Waals surface area contributed by atoms with E-state index in [1.165, 1.54) is 0 Å². The lowest BCUT2D eigenvalue weighted by atomic mass is 10.2. The summed E-state index contributed by atoms with van der Waals surface area (Å²) in [5, 5.41) is 11.9. The number of ether oxygens (including phenoxy) is 1. The van der Waals surface area contributed by atoms with Crippen LogP contribution in [0.3, 0.4) is 0 Å². The number of halogens is 6. The molecule has 33 heavy (non-hydrogen) atoms. The first kappa shape index (κ1) is 24.0. The van der Waals surface area contributed by atoms with Crippen LogP contribution in [0.4, 0.5) is 26.3 Å². The number of aromatic nitrogens is 2. The molecule has 0 bridgehead atoms. The van der Waals surface area contributed by atoms with E-state index in [1.807, 2.05) is 0 Å². The summed E-state index contributed by atoms with van der Waals surface area (Å²) < 4.78 is 106. The molecule has 0 aliphatic carbocycles. The Labute approximate surface area is 179 Å². The second-order valence-corrected chi connectivity index (χ2v) is 8.30. The highest BCUT2D eigenvalue weighted by Crippen LogP contribution is 2.29. The lowest BCUT2D eigenvalue weighted by Crippen LogP contribution is -2.28. The van der Waals surface area contributed by atoms with Crippen LogP contribution in [-0.2, 0) is 9.84 Å². The van der Waals surface area contributed by atoms with Gasteiger partial charge in [-0.15, -0.1) is 13.2 Å². The molecule has 0 saturated carbocycles. The first-order valence-corrected chi connectivity index (χ1v) is 10.1. The summed E-state index contributed by atoms with van der Waals surface area (Å²) in [6.45, 7) is 0. The van der Waals surface area contributed by atoms with Gasteiger partial charge in [0.2, 0.25) is 21.0 Å². The fraction of sp³-hybridized carbons (Fsp3) is 0.167. The van der Waals surface area contributed by atoms with Gasteiger partial charge in [-0.05, 0) is 36.4 Å². The molecule has 0 spiro atoms. The molecule has 0 amide bonds. The number of fused-ring (bicyclic) bond motifs is 1. The van der Waals surface area contributed by atoms with Crippen molar-refractivity contribution in [1.82, 2.24) is 9.78 Å². The molecule has 15 heteroatoms. The van der Waals surface area contributed by atoms with Gasteiger partial charge in [-0.1, -0.05) is 6.07 Å². The Morgan fingerprint density at radius 2 is 1.67 bits per heavy atom. The molecule has 176 valence electrons. The summed E-state index contributed by atoms with van der Waals surface area (Å²) in [6.07, 6.45) is -8.97. The second-order valence-electron chi connectivity index (χ2n) is 6.32. The summed E-state index contributed by atoms with van der Waals surface area (Å²) in [4.78, 5) is 22.9. The Morgan fingerprint density at radius 3 is 2.18 bits per heavy atom.